The van der Waals surface area contributed by atoms with Crippen LogP contribution in [-0.2, 0) is 6.54 Å². The van der Waals surface area contributed by atoms with Gasteiger partial charge in [-0.2, -0.15) is 5.10 Å². The molecule has 0 spiro atoms. The van der Waals surface area contributed by atoms with Gasteiger partial charge in [-0.05, 0) is 51.8 Å². The fourth-order valence-electron chi connectivity index (χ4n) is 2.05. The number of benzene rings is 2. The lowest BCUT2D eigenvalue weighted by Crippen LogP contribution is -2.02. The summed E-state index contributed by atoms with van der Waals surface area (Å²) in [5, 5.41) is 7.29. The van der Waals surface area contributed by atoms with Crippen molar-refractivity contribution in [3.63, 3.8) is 0 Å². The third-order valence-electron chi connectivity index (χ3n) is 3.14. The summed E-state index contributed by atoms with van der Waals surface area (Å²) in [5.41, 5.74) is 2.55. The van der Waals surface area contributed by atoms with Crippen LogP contribution in [0.5, 0.6) is 0 Å². The zero-order valence-electron chi connectivity index (χ0n) is 11.1. The van der Waals surface area contributed by atoms with Crippen LogP contribution in [0.15, 0.2) is 65.4 Å². The van der Waals surface area contributed by atoms with Crippen LogP contribution < -0.4 is 5.32 Å². The van der Waals surface area contributed by atoms with Crippen molar-refractivity contribution in [1.82, 2.24) is 9.78 Å². The first kappa shape index (κ1) is 13.8. The Balaban J connectivity index is 1.71. The maximum atomic E-state index is 13.7. The molecule has 0 radical (unpaired) electrons. The number of nitrogens with one attached hydrogen (secondary N) is 1. The highest BCUT2D eigenvalue weighted by molar-refractivity contribution is 9.10. The molecule has 5 heteroatoms. The second kappa shape index (κ2) is 6.10. The first-order valence-corrected chi connectivity index (χ1v) is 7.30. The number of rotatable bonds is 4. The SMILES string of the molecule is Fc1cccc(Br)c1NCc1ccc(-n2cccn2)cc1. The highest BCUT2D eigenvalue weighted by Gasteiger charge is 2.05. The summed E-state index contributed by atoms with van der Waals surface area (Å²) in [6.45, 7) is 0.554. The van der Waals surface area contributed by atoms with Crippen LogP contribution in [0.1, 0.15) is 5.56 Å². The predicted octanol–water partition coefficient (Wildman–Crippen LogP) is 4.39. The average molecular weight is 346 g/mol. The molecule has 3 nitrogen and oxygen atoms in total. The minimum atomic E-state index is -0.266. The number of nitrogens with zero attached hydrogens (tertiary/aromatic N) is 2. The van der Waals surface area contributed by atoms with Crippen LogP contribution in [0, 0.1) is 5.82 Å². The van der Waals surface area contributed by atoms with Gasteiger partial charge in [0, 0.05) is 23.4 Å². The lowest BCUT2D eigenvalue weighted by Gasteiger charge is -2.10. The van der Waals surface area contributed by atoms with Gasteiger partial charge in [-0.15, -0.1) is 0 Å². The standard InChI is InChI=1S/C16H13BrFN3/c17-14-3-1-4-15(18)16(14)19-11-12-5-7-13(8-6-12)21-10-2-9-20-21/h1-10,19H,11H2. The smallest absolute Gasteiger partial charge is 0.147 e. The molecule has 2 aromatic carbocycles. The first-order valence-electron chi connectivity index (χ1n) is 6.51. The normalized spacial score (nSPS) is 10.6. The van der Waals surface area contributed by atoms with E-state index in [0.717, 1.165) is 15.7 Å². The van der Waals surface area contributed by atoms with Gasteiger partial charge in [-0.25, -0.2) is 9.07 Å². The number of para-hydroxylation sites is 1. The minimum absolute atomic E-state index is 0.266. The van der Waals surface area contributed by atoms with Gasteiger partial charge in [0.25, 0.3) is 0 Å². The highest BCUT2D eigenvalue weighted by atomic mass is 79.9. The van der Waals surface area contributed by atoms with E-state index in [1.165, 1.54) is 6.07 Å². The molecule has 3 rings (SSSR count). The van der Waals surface area contributed by atoms with E-state index in [1.54, 1.807) is 16.9 Å². The number of anilines is 1. The zero-order valence-corrected chi connectivity index (χ0v) is 12.7. The van der Waals surface area contributed by atoms with E-state index in [2.05, 4.69) is 26.3 Å². The molecule has 0 aliphatic carbocycles. The molecule has 1 heterocycles. The van der Waals surface area contributed by atoms with Gasteiger partial charge >= 0.3 is 0 Å². The number of aromatic nitrogens is 2. The van der Waals surface area contributed by atoms with Gasteiger partial charge in [0.15, 0.2) is 0 Å². The molecule has 0 fully saturated rings. The molecule has 0 aliphatic heterocycles. The summed E-state index contributed by atoms with van der Waals surface area (Å²) in [6, 6.07) is 14.8. The number of hydrogen-bond donors (Lipinski definition) is 1. The molecule has 0 amide bonds. The van der Waals surface area contributed by atoms with Gasteiger partial charge < -0.3 is 5.32 Å². The lowest BCUT2D eigenvalue weighted by atomic mass is 10.2. The summed E-state index contributed by atoms with van der Waals surface area (Å²) in [6.07, 6.45) is 3.63. The molecule has 106 valence electrons. The largest absolute Gasteiger partial charge is 0.378 e. The highest BCUT2D eigenvalue weighted by Crippen LogP contribution is 2.25. The van der Waals surface area contributed by atoms with Crippen LogP contribution in [0.4, 0.5) is 10.1 Å². The van der Waals surface area contributed by atoms with E-state index >= 15 is 0 Å². The quantitative estimate of drug-likeness (QED) is 0.760. The van der Waals surface area contributed by atoms with Crippen molar-refractivity contribution in [2.45, 2.75) is 6.54 Å². The number of hydrogen-bond acceptors (Lipinski definition) is 2. The van der Waals surface area contributed by atoms with E-state index in [-0.39, 0.29) is 5.82 Å². The van der Waals surface area contributed by atoms with Gasteiger partial charge in [-0.3, -0.25) is 0 Å². The van der Waals surface area contributed by atoms with E-state index in [4.69, 9.17) is 0 Å². The van der Waals surface area contributed by atoms with Crippen LogP contribution in [0.25, 0.3) is 5.69 Å². The maximum absolute atomic E-state index is 13.7. The summed E-state index contributed by atoms with van der Waals surface area (Å²) in [4.78, 5) is 0. The molecule has 0 saturated heterocycles. The predicted molar refractivity (Wildman–Crippen MR) is 85.0 cm³/mol. The average Bonchev–Trinajstić information content (AvgIpc) is 3.02. The van der Waals surface area contributed by atoms with Crippen LogP contribution in [0.3, 0.4) is 0 Å². The third-order valence-corrected chi connectivity index (χ3v) is 3.80. The Morgan fingerprint density at radius 2 is 1.90 bits per heavy atom. The van der Waals surface area contributed by atoms with Crippen molar-refractivity contribution in [2.75, 3.05) is 5.32 Å². The van der Waals surface area contributed by atoms with Crippen LogP contribution in [0.2, 0.25) is 0 Å². The van der Waals surface area contributed by atoms with Crippen molar-refractivity contribution >= 4 is 21.6 Å². The van der Waals surface area contributed by atoms with E-state index in [0.29, 0.717) is 12.2 Å². The van der Waals surface area contributed by atoms with Crippen molar-refractivity contribution in [2.24, 2.45) is 0 Å². The second-order valence-corrected chi connectivity index (χ2v) is 5.42. The fourth-order valence-corrected chi connectivity index (χ4v) is 2.53. The monoisotopic (exact) mass is 345 g/mol. The Kier molecular flexibility index (Phi) is 4.01. The van der Waals surface area contributed by atoms with E-state index in [9.17, 15) is 4.39 Å². The Hall–Kier alpha value is -2.14. The lowest BCUT2D eigenvalue weighted by molar-refractivity contribution is 0.629. The van der Waals surface area contributed by atoms with Gasteiger partial charge in [0.1, 0.15) is 5.82 Å². The molecule has 0 bridgehead atoms. The molecular weight excluding hydrogens is 333 g/mol. The molecule has 1 aromatic heterocycles. The van der Waals surface area contributed by atoms with Gasteiger partial charge in [-0.1, -0.05) is 18.2 Å². The topological polar surface area (TPSA) is 29.9 Å². The fraction of sp³-hybridized carbons (Fsp3) is 0.0625. The Morgan fingerprint density at radius 3 is 2.57 bits per heavy atom. The Labute approximate surface area is 130 Å². The van der Waals surface area contributed by atoms with Gasteiger partial charge in [0.05, 0.1) is 11.4 Å². The summed E-state index contributed by atoms with van der Waals surface area (Å²) in [5.74, 6) is -0.266. The molecule has 0 aliphatic rings. The van der Waals surface area contributed by atoms with Crippen molar-refractivity contribution < 1.29 is 4.39 Å². The Morgan fingerprint density at radius 1 is 1.10 bits per heavy atom. The summed E-state index contributed by atoms with van der Waals surface area (Å²) >= 11 is 3.34. The molecule has 0 atom stereocenters. The van der Waals surface area contributed by atoms with Crippen molar-refractivity contribution in [3.05, 3.63) is 76.8 Å². The second-order valence-electron chi connectivity index (χ2n) is 4.57. The zero-order chi connectivity index (χ0) is 14.7. The van der Waals surface area contributed by atoms with E-state index in [1.807, 2.05) is 42.6 Å². The molecule has 21 heavy (non-hydrogen) atoms. The van der Waals surface area contributed by atoms with Crippen molar-refractivity contribution in [1.29, 1.82) is 0 Å². The van der Waals surface area contributed by atoms with E-state index < -0.39 is 0 Å². The Bertz CT molecular complexity index is 704. The summed E-state index contributed by atoms with van der Waals surface area (Å²) < 4.78 is 16.2. The molecule has 0 saturated carbocycles. The number of halogens is 2. The first-order chi connectivity index (χ1) is 10.2. The maximum Gasteiger partial charge on any atom is 0.147 e. The molecule has 1 N–H and O–H groups in total. The van der Waals surface area contributed by atoms with Crippen LogP contribution in [-0.4, -0.2) is 9.78 Å². The van der Waals surface area contributed by atoms with Crippen LogP contribution >= 0.6 is 15.9 Å². The summed E-state index contributed by atoms with van der Waals surface area (Å²) in [7, 11) is 0. The van der Waals surface area contributed by atoms with Gasteiger partial charge in [0.2, 0.25) is 0 Å². The molecule has 0 unspecified atom stereocenters. The molecule has 3 aromatic rings. The third kappa shape index (κ3) is 3.13. The van der Waals surface area contributed by atoms with Crippen molar-refractivity contribution in [3.8, 4) is 5.69 Å². The minimum Gasteiger partial charge on any atom is -0.378 e. The molecular formula is C16H13BrFN3.